The zero-order chi connectivity index (χ0) is 73.0. The minimum Gasteiger partial charge on any atom is -0.490 e. The molecule has 7 rings (SSSR count). The van der Waals surface area contributed by atoms with E-state index in [9.17, 15) is 8.42 Å². The molecule has 0 saturated carbocycles. The van der Waals surface area contributed by atoms with Gasteiger partial charge in [-0.1, -0.05) is 40.5 Å². The molecule has 0 radical (unpaired) electrons. The Bertz CT molecular complexity index is 2900. The van der Waals surface area contributed by atoms with Gasteiger partial charge >= 0.3 is 0 Å². The topological polar surface area (TPSA) is 221 Å². The Morgan fingerprint density at radius 2 is 0.848 bits per heavy atom. The van der Waals surface area contributed by atoms with Crippen molar-refractivity contribution in [1.29, 1.82) is 0 Å². The molecular formula is C72H120O21S6. The van der Waals surface area contributed by atoms with E-state index in [4.69, 9.17) is 89.8 Å². The van der Waals surface area contributed by atoms with Gasteiger partial charge in [-0.3, -0.25) is 4.55 Å². The second-order valence-corrected chi connectivity index (χ2v) is 32.5. The van der Waals surface area contributed by atoms with Crippen molar-refractivity contribution < 1.29 is 98.2 Å². The van der Waals surface area contributed by atoms with E-state index in [1.54, 1.807) is 63.8 Å². The quantitative estimate of drug-likeness (QED) is 0.0283. The van der Waals surface area contributed by atoms with E-state index in [-0.39, 0.29) is 31.3 Å². The van der Waals surface area contributed by atoms with Gasteiger partial charge in [-0.15, -0.1) is 56.7 Å². The molecule has 4 atom stereocenters. The number of ether oxygens (including phenoxy) is 18. The van der Waals surface area contributed by atoms with Crippen LogP contribution in [0.15, 0.2) is 6.07 Å². The van der Waals surface area contributed by atoms with Crippen LogP contribution in [0.2, 0.25) is 0 Å². The van der Waals surface area contributed by atoms with Crippen molar-refractivity contribution in [2.45, 2.75) is 186 Å². The number of unbranched alkanes of at least 4 members (excludes halogenated alkanes) is 2. The zero-order valence-corrected chi connectivity index (χ0v) is 67.6. The van der Waals surface area contributed by atoms with Gasteiger partial charge in [0.25, 0.3) is 10.1 Å². The second-order valence-electron chi connectivity index (χ2n) is 23.5. The summed E-state index contributed by atoms with van der Waals surface area (Å²) >= 11 is 8.52. The summed E-state index contributed by atoms with van der Waals surface area (Å²) in [5.41, 5.74) is 0. The third kappa shape index (κ3) is 36.0. The molecule has 0 bridgehead atoms. The Labute approximate surface area is 613 Å². The van der Waals surface area contributed by atoms with Crippen LogP contribution in [0.4, 0.5) is 0 Å². The third-order valence-corrected chi connectivity index (χ3v) is 20.4. The molecule has 5 aromatic heterocycles. The Hall–Kier alpha value is -3.75. The highest BCUT2D eigenvalue weighted by Crippen LogP contribution is 2.46. The van der Waals surface area contributed by atoms with Crippen LogP contribution >= 0.6 is 56.7 Å². The van der Waals surface area contributed by atoms with Crippen LogP contribution in [0.5, 0.6) is 51.7 Å². The number of methoxy groups -OCH3 is 1. The van der Waals surface area contributed by atoms with Crippen LogP contribution < -0.4 is 42.6 Å². The first-order valence-electron chi connectivity index (χ1n) is 34.8. The standard InChI is InChI=1S/C22H40O6S.C18H32O4S.C13H20O6S2.C11H18O3S.C8H10O2S/c1-5-7-9-23-11-13-25-15-17-27-21-19(3)29-20(4)22(21)28-18-16-26-14-12-24-10-8-6-2;1-7-9-19-11-13(3)21-17-15(5)23-16(6)18(17)22-14(4)12-20-10-8-2;1-8(21(14,15)16)4-5-17-6-11-7-18-12-9(2)20-10(3)13(12)19-11;1-9-8-11(10(2)15-9)14-7-6-13-5-4-12-3;1-5-7-8(6(2)11-5)10-4-3-9-7/h5-18H2,1-4H3;13-14H,7-12H2,1-6H3;8,11H,4-7H2,1-3H3,(H,14,15,16);8H,4-7H2,1-3H3;3-4H2,1-2H3. The van der Waals surface area contributed by atoms with Gasteiger partial charge in [-0.05, 0) is 128 Å². The van der Waals surface area contributed by atoms with Crippen LogP contribution in [-0.2, 0) is 52.7 Å². The SMILES string of the molecule is CCCCOCCOCCOc1c(C)sc(C)c1OCCOCCOCCCC.CCCOCC(C)Oc1c(C)sc(C)c1OC(C)COCCC.COCCOCCOc1cc(C)sc1C.Cc1sc(C)c2c1OCC(COCCC(C)S(=O)(=O)O)O2.Cc1sc(C)c2c1OCCO2. The average Bonchev–Trinajstić information content (AvgIpc) is 1.70. The molecule has 2 aliphatic heterocycles. The van der Waals surface area contributed by atoms with Gasteiger partial charge in [0, 0.05) is 88.9 Å². The third-order valence-electron chi connectivity index (χ3n) is 14.3. The fourth-order valence-corrected chi connectivity index (χ4v) is 14.2. The molecule has 27 heteroatoms. The van der Waals surface area contributed by atoms with Gasteiger partial charge in [-0.2, -0.15) is 8.42 Å². The summed E-state index contributed by atoms with van der Waals surface area (Å²) in [4.78, 5) is 11.6. The summed E-state index contributed by atoms with van der Waals surface area (Å²) in [6.45, 7) is 48.2. The minimum atomic E-state index is -3.99. The van der Waals surface area contributed by atoms with E-state index in [1.165, 1.54) is 26.4 Å². The van der Waals surface area contributed by atoms with Gasteiger partial charge in [0.05, 0.1) is 84.5 Å². The normalized spacial score (nSPS) is 13.9. The van der Waals surface area contributed by atoms with E-state index >= 15 is 0 Å². The molecule has 21 nitrogen and oxygen atoms in total. The Morgan fingerprint density at radius 1 is 0.444 bits per heavy atom. The summed E-state index contributed by atoms with van der Waals surface area (Å²) < 4.78 is 131. The second kappa shape index (κ2) is 52.2. The summed E-state index contributed by atoms with van der Waals surface area (Å²) in [5.74, 6) is 7.82. The molecule has 7 heterocycles. The molecule has 99 heavy (non-hydrogen) atoms. The predicted octanol–water partition coefficient (Wildman–Crippen LogP) is 16.3. The number of hydrogen-bond acceptors (Lipinski definition) is 25. The maximum Gasteiger partial charge on any atom is 0.267 e. The zero-order valence-electron chi connectivity index (χ0n) is 62.7. The number of thiophene rings is 5. The van der Waals surface area contributed by atoms with Crippen molar-refractivity contribution in [1.82, 2.24) is 0 Å². The maximum absolute atomic E-state index is 10.9. The lowest BCUT2D eigenvalue weighted by Crippen LogP contribution is -2.33. The fraction of sp³-hybridized carbons (Fsp3) is 0.722. The van der Waals surface area contributed by atoms with Crippen molar-refractivity contribution in [2.24, 2.45) is 0 Å². The Morgan fingerprint density at radius 3 is 1.27 bits per heavy atom. The molecule has 5 aromatic rings. The first-order chi connectivity index (χ1) is 47.5. The Balaban J connectivity index is 0.000000332. The van der Waals surface area contributed by atoms with Gasteiger partial charge in [0.1, 0.15) is 57.6 Å². The summed E-state index contributed by atoms with van der Waals surface area (Å²) in [7, 11) is -2.32. The molecule has 2 aliphatic rings. The first-order valence-corrected chi connectivity index (χ1v) is 40.4. The van der Waals surface area contributed by atoms with Crippen LogP contribution in [0.3, 0.4) is 0 Å². The molecule has 4 unspecified atom stereocenters. The van der Waals surface area contributed by atoms with E-state index in [0.717, 1.165) is 146 Å². The van der Waals surface area contributed by atoms with Crippen LogP contribution in [0.1, 0.15) is 142 Å². The highest BCUT2D eigenvalue weighted by Gasteiger charge is 2.28. The van der Waals surface area contributed by atoms with Crippen molar-refractivity contribution in [2.75, 3.05) is 159 Å². The summed E-state index contributed by atoms with van der Waals surface area (Å²) in [5, 5.41) is -0.825. The van der Waals surface area contributed by atoms with E-state index < -0.39 is 15.4 Å². The van der Waals surface area contributed by atoms with Crippen molar-refractivity contribution in [3.05, 3.63) is 54.8 Å². The molecule has 0 fully saturated rings. The maximum atomic E-state index is 10.9. The predicted molar refractivity (Wildman–Crippen MR) is 401 cm³/mol. The van der Waals surface area contributed by atoms with Crippen molar-refractivity contribution in [3.8, 4) is 51.7 Å². The van der Waals surface area contributed by atoms with Gasteiger partial charge in [0.15, 0.2) is 52.1 Å². The number of hydrogen-bond donors (Lipinski definition) is 1. The molecule has 1 N–H and O–H groups in total. The molecular weight excluding hydrogens is 1390 g/mol. The van der Waals surface area contributed by atoms with Crippen molar-refractivity contribution in [3.63, 3.8) is 0 Å². The monoisotopic (exact) mass is 1510 g/mol. The van der Waals surface area contributed by atoms with Gasteiger partial charge in [-0.25, -0.2) is 0 Å². The lowest BCUT2D eigenvalue weighted by atomic mass is 10.3. The molecule has 0 saturated heterocycles. The van der Waals surface area contributed by atoms with Crippen LogP contribution in [0, 0.1) is 69.2 Å². The lowest BCUT2D eigenvalue weighted by Gasteiger charge is -2.25. The molecule has 570 valence electrons. The van der Waals surface area contributed by atoms with E-state index in [0.29, 0.717) is 119 Å². The van der Waals surface area contributed by atoms with E-state index in [2.05, 4.69) is 75.3 Å². The minimum absolute atomic E-state index is 0.00301. The van der Waals surface area contributed by atoms with E-state index in [1.807, 2.05) is 41.5 Å². The highest BCUT2D eigenvalue weighted by molar-refractivity contribution is 7.86. The smallest absolute Gasteiger partial charge is 0.267 e. The number of aryl methyl sites for hydroxylation is 10. The lowest BCUT2D eigenvalue weighted by molar-refractivity contribution is 0.00819. The fourth-order valence-electron chi connectivity index (χ4n) is 9.18. The molecule has 0 amide bonds. The summed E-state index contributed by atoms with van der Waals surface area (Å²) in [6, 6.07) is 2.06. The Kier molecular flexibility index (Phi) is 47.2. The van der Waals surface area contributed by atoms with Crippen LogP contribution in [0.25, 0.3) is 0 Å². The number of fused-ring (bicyclic) bond motifs is 2. The van der Waals surface area contributed by atoms with Crippen LogP contribution in [-0.4, -0.2) is 196 Å². The van der Waals surface area contributed by atoms with Crippen molar-refractivity contribution >= 4 is 66.8 Å². The van der Waals surface area contributed by atoms with Gasteiger partial charge in [0.2, 0.25) is 0 Å². The largest absolute Gasteiger partial charge is 0.490 e. The molecule has 0 aromatic carbocycles. The first kappa shape index (κ1) is 89.5. The molecule has 0 spiro atoms. The van der Waals surface area contributed by atoms with Gasteiger partial charge < -0.3 is 85.3 Å². The highest BCUT2D eigenvalue weighted by atomic mass is 32.2. The number of rotatable bonds is 45. The average molecular weight is 1510 g/mol. The molecule has 0 aliphatic carbocycles. The summed E-state index contributed by atoms with van der Waals surface area (Å²) in [6.07, 6.45) is 6.59.